The number of fused-ring (bicyclic) bond motifs is 4. The number of nitrogens with two attached hydrogens (primary N) is 1. The second kappa shape index (κ2) is 13.9. The number of hydrogen-bond donors (Lipinski definition) is 2. The molecule has 3 N–H and O–H groups in total. The van der Waals surface area contributed by atoms with Crippen molar-refractivity contribution in [3.8, 4) is 11.1 Å². The lowest BCUT2D eigenvalue weighted by Gasteiger charge is -2.63. The Morgan fingerprint density at radius 1 is 0.918 bits per heavy atom. The number of rotatable bonds is 4. The van der Waals surface area contributed by atoms with E-state index in [1.807, 2.05) is 13.8 Å². The maximum absolute atomic E-state index is 12.6. The summed E-state index contributed by atoms with van der Waals surface area (Å²) >= 11 is 0. The second-order valence-electron chi connectivity index (χ2n) is 15.9. The molecule has 4 atom stereocenters. The maximum Gasteiger partial charge on any atom is 0.107 e. The fraction of sp³-hybridized carbons (Fsp3) is 0.447. The monoisotopic (exact) mass is 657 g/mol. The molecular formula is C47H63NO. The van der Waals surface area contributed by atoms with Crippen molar-refractivity contribution in [1.82, 2.24) is 0 Å². The van der Waals surface area contributed by atoms with E-state index in [1.54, 1.807) is 0 Å². The quantitative estimate of drug-likeness (QED) is 0.293. The average molecular weight is 658 g/mol. The Balaban J connectivity index is 0.000000841. The topological polar surface area (TPSA) is 46.2 Å². The molecule has 0 amide bonds. The zero-order chi connectivity index (χ0) is 36.8. The standard InChI is InChI=1S/C41H47NO.C4H10.C2H6/c1-11-28-18-20-31(30-16-14-13-15-29(28)30)32-19-17-23(3)35-25(5)37-38(43)41(10)26(6)36(27(7)42)24(4)34(12-2)40(41,9)22-39(37,8)21-33(32)35;1-4(2)3;1-2/h13-20,34,43H,5-7,11-12,21-22,42H2,1-4,8-10H3;4H,1-3H3;1-2H3/t34-,39+,40+,41+;;/m1../s1. The Morgan fingerprint density at radius 2 is 1.49 bits per heavy atom. The summed E-state index contributed by atoms with van der Waals surface area (Å²) in [6.45, 7) is 39.7. The summed E-state index contributed by atoms with van der Waals surface area (Å²) in [5.41, 5.74) is 18.3. The van der Waals surface area contributed by atoms with Gasteiger partial charge in [-0.1, -0.05) is 136 Å². The highest BCUT2D eigenvalue weighted by Gasteiger charge is 2.64. The number of aliphatic hydroxyl groups excluding tert-OH is 1. The first kappa shape index (κ1) is 38.0. The summed E-state index contributed by atoms with van der Waals surface area (Å²) in [5, 5.41) is 15.2. The molecule has 0 aromatic heterocycles. The highest BCUT2D eigenvalue weighted by Crippen LogP contribution is 2.71. The number of hydrogen-bond acceptors (Lipinski definition) is 2. The normalized spacial score (nSPS) is 25.9. The summed E-state index contributed by atoms with van der Waals surface area (Å²) < 4.78 is 0. The Bertz CT molecular complexity index is 1880. The predicted molar refractivity (Wildman–Crippen MR) is 216 cm³/mol. The molecule has 3 aliphatic rings. The number of allylic oxidation sites excluding steroid dienone is 5. The molecule has 49 heavy (non-hydrogen) atoms. The molecule has 3 aromatic carbocycles. The molecule has 3 aliphatic carbocycles. The van der Waals surface area contributed by atoms with Crippen molar-refractivity contribution in [2.45, 2.75) is 109 Å². The van der Waals surface area contributed by atoms with Gasteiger partial charge in [-0.3, -0.25) is 0 Å². The van der Waals surface area contributed by atoms with Crippen LogP contribution in [0.3, 0.4) is 0 Å². The summed E-state index contributed by atoms with van der Waals surface area (Å²) in [4.78, 5) is 0. The zero-order valence-electron chi connectivity index (χ0n) is 32.7. The second-order valence-corrected chi connectivity index (χ2v) is 15.9. The van der Waals surface area contributed by atoms with E-state index in [9.17, 15) is 5.11 Å². The molecule has 2 nitrogen and oxygen atoms in total. The molecule has 0 bridgehead atoms. The fourth-order valence-corrected chi connectivity index (χ4v) is 9.88. The Kier molecular flexibility index (Phi) is 10.8. The van der Waals surface area contributed by atoms with E-state index in [2.05, 4.69) is 131 Å². The van der Waals surface area contributed by atoms with Gasteiger partial charge in [-0.05, 0) is 125 Å². The minimum Gasteiger partial charge on any atom is -0.511 e. The SMILES string of the molecule is C=C(N)C1=C(C)[C@@H](CC)[C@]2(C)C[C@]3(C)Cc4c(-c5ccc(CC)c6ccccc56)ccc(C)c4C(=C)C3=C(O)[C@]2(C)C1=C.CC.CC(C)C. The van der Waals surface area contributed by atoms with Crippen molar-refractivity contribution < 1.29 is 5.11 Å². The van der Waals surface area contributed by atoms with Crippen LogP contribution in [0.15, 0.2) is 102 Å². The van der Waals surface area contributed by atoms with Crippen molar-refractivity contribution in [3.05, 3.63) is 124 Å². The van der Waals surface area contributed by atoms with Gasteiger partial charge in [0.15, 0.2) is 0 Å². The van der Waals surface area contributed by atoms with Gasteiger partial charge in [-0.15, -0.1) is 0 Å². The van der Waals surface area contributed by atoms with Crippen molar-refractivity contribution in [2.24, 2.45) is 33.8 Å². The van der Waals surface area contributed by atoms with Gasteiger partial charge in [0.25, 0.3) is 0 Å². The lowest BCUT2D eigenvalue weighted by Crippen LogP contribution is -2.56. The molecule has 2 heteroatoms. The summed E-state index contributed by atoms with van der Waals surface area (Å²) in [6.07, 6.45) is 3.72. The van der Waals surface area contributed by atoms with Gasteiger partial charge >= 0.3 is 0 Å². The van der Waals surface area contributed by atoms with Crippen LogP contribution in [-0.2, 0) is 12.8 Å². The van der Waals surface area contributed by atoms with Crippen LogP contribution in [0.2, 0.25) is 0 Å². The minimum atomic E-state index is -0.683. The van der Waals surface area contributed by atoms with Gasteiger partial charge in [-0.25, -0.2) is 0 Å². The van der Waals surface area contributed by atoms with E-state index in [-0.39, 0.29) is 16.7 Å². The first-order chi connectivity index (χ1) is 23.0. The van der Waals surface area contributed by atoms with Crippen LogP contribution >= 0.6 is 0 Å². The van der Waals surface area contributed by atoms with Crippen LogP contribution in [0.1, 0.15) is 111 Å². The van der Waals surface area contributed by atoms with E-state index in [0.29, 0.717) is 11.5 Å². The third-order valence-corrected chi connectivity index (χ3v) is 11.9. The van der Waals surface area contributed by atoms with E-state index < -0.39 is 5.41 Å². The van der Waals surface area contributed by atoms with Crippen LogP contribution in [-0.4, -0.2) is 5.11 Å². The molecule has 0 radical (unpaired) electrons. The Labute approximate surface area is 298 Å². The van der Waals surface area contributed by atoms with E-state index in [4.69, 9.17) is 12.3 Å². The number of benzene rings is 3. The molecule has 0 unspecified atom stereocenters. The predicted octanol–water partition coefficient (Wildman–Crippen LogP) is 13.3. The van der Waals surface area contributed by atoms with E-state index >= 15 is 0 Å². The molecule has 0 fully saturated rings. The number of aryl methyl sites for hydroxylation is 2. The van der Waals surface area contributed by atoms with Crippen LogP contribution in [0.4, 0.5) is 0 Å². The molecule has 0 heterocycles. The summed E-state index contributed by atoms with van der Waals surface area (Å²) in [6, 6.07) is 17.9. The van der Waals surface area contributed by atoms with Crippen LogP contribution in [0, 0.1) is 35.0 Å². The Morgan fingerprint density at radius 3 is 2.04 bits per heavy atom. The Hall–Kier alpha value is -3.78. The van der Waals surface area contributed by atoms with Gasteiger partial charge in [0.1, 0.15) is 5.76 Å². The van der Waals surface area contributed by atoms with Gasteiger partial charge < -0.3 is 10.8 Å². The van der Waals surface area contributed by atoms with Gasteiger partial charge in [0.2, 0.25) is 0 Å². The lowest BCUT2D eigenvalue weighted by atomic mass is 9.40. The molecule has 0 aliphatic heterocycles. The summed E-state index contributed by atoms with van der Waals surface area (Å²) in [7, 11) is 0. The molecule has 0 saturated carbocycles. The molecule has 0 saturated heterocycles. The molecular weight excluding hydrogens is 595 g/mol. The van der Waals surface area contributed by atoms with Crippen LogP contribution < -0.4 is 5.73 Å². The maximum atomic E-state index is 12.6. The van der Waals surface area contributed by atoms with Crippen molar-refractivity contribution >= 4 is 16.3 Å². The average Bonchev–Trinajstić information content (AvgIpc) is 3.03. The smallest absolute Gasteiger partial charge is 0.107 e. The van der Waals surface area contributed by atoms with Crippen LogP contribution in [0.5, 0.6) is 0 Å². The molecule has 262 valence electrons. The minimum absolute atomic E-state index is 0.232. The van der Waals surface area contributed by atoms with Gasteiger partial charge in [0, 0.05) is 16.7 Å². The fourth-order valence-electron chi connectivity index (χ4n) is 9.88. The number of aliphatic hydroxyl groups is 1. The zero-order valence-corrected chi connectivity index (χ0v) is 32.7. The molecule has 0 spiro atoms. The third kappa shape index (κ3) is 5.74. The van der Waals surface area contributed by atoms with E-state index in [1.165, 1.54) is 49.7 Å². The highest BCUT2D eigenvalue weighted by atomic mass is 16.3. The first-order valence-electron chi connectivity index (χ1n) is 18.6. The largest absolute Gasteiger partial charge is 0.511 e. The van der Waals surface area contributed by atoms with Crippen molar-refractivity contribution in [1.29, 1.82) is 0 Å². The van der Waals surface area contributed by atoms with E-state index in [0.717, 1.165) is 53.9 Å². The van der Waals surface area contributed by atoms with Crippen molar-refractivity contribution in [3.63, 3.8) is 0 Å². The molecule has 3 aromatic rings. The van der Waals surface area contributed by atoms with Gasteiger partial charge in [-0.2, -0.15) is 0 Å². The summed E-state index contributed by atoms with van der Waals surface area (Å²) in [5.74, 6) is 1.48. The lowest BCUT2D eigenvalue weighted by molar-refractivity contribution is -0.0228. The van der Waals surface area contributed by atoms with Crippen molar-refractivity contribution in [2.75, 3.05) is 0 Å². The first-order valence-corrected chi connectivity index (χ1v) is 18.6. The highest BCUT2D eigenvalue weighted by molar-refractivity contribution is 6.01. The third-order valence-electron chi connectivity index (χ3n) is 11.9. The van der Waals surface area contributed by atoms with Gasteiger partial charge in [0.05, 0.1) is 5.41 Å². The van der Waals surface area contributed by atoms with Crippen LogP contribution in [0.25, 0.3) is 27.5 Å². The molecule has 6 rings (SSSR count).